The molecule has 5 amide bonds. The predicted molar refractivity (Wildman–Crippen MR) is 199 cm³/mol. The average Bonchev–Trinajstić information content (AvgIpc) is 3.45. The third-order valence-corrected chi connectivity index (χ3v) is 9.21. The van der Waals surface area contributed by atoms with Crippen molar-refractivity contribution >= 4 is 47.2 Å². The summed E-state index contributed by atoms with van der Waals surface area (Å²) in [5, 5.41) is 48.2. The lowest BCUT2D eigenvalue weighted by Crippen LogP contribution is -2.61. The van der Waals surface area contributed by atoms with E-state index in [-0.39, 0.29) is 68.9 Å². The van der Waals surface area contributed by atoms with Crippen LogP contribution in [0.3, 0.4) is 0 Å². The Morgan fingerprint density at radius 2 is 1.54 bits per heavy atom. The van der Waals surface area contributed by atoms with Gasteiger partial charge in [-0.3, -0.25) is 33.7 Å². The van der Waals surface area contributed by atoms with E-state index in [4.69, 9.17) is 18.9 Å². The Hall–Kier alpha value is -4.95. The number of amides is 5. The molecule has 1 aromatic rings. The molecule has 0 radical (unpaired) electrons. The molecule has 3 rings (SSSR count). The second-order valence-corrected chi connectivity index (χ2v) is 15.3. The van der Waals surface area contributed by atoms with Crippen LogP contribution in [0.2, 0.25) is 0 Å². The number of nitrogens with one attached hydrogen (secondary N) is 3. The molecule has 19 heteroatoms. The maximum Gasteiger partial charge on any atom is 0.335 e. The number of ether oxygens (including phenoxy) is 4. The third kappa shape index (κ3) is 13.9. The molecule has 2 aliphatic heterocycles. The van der Waals surface area contributed by atoms with E-state index < -0.39 is 77.3 Å². The number of benzene rings is 1. The molecule has 0 saturated carbocycles. The van der Waals surface area contributed by atoms with Crippen molar-refractivity contribution in [2.45, 2.75) is 110 Å². The first-order valence-corrected chi connectivity index (χ1v) is 18.5. The van der Waals surface area contributed by atoms with E-state index in [1.165, 1.54) is 18.2 Å². The molecule has 316 valence electrons. The van der Waals surface area contributed by atoms with Crippen molar-refractivity contribution in [2.75, 3.05) is 31.6 Å². The number of imide groups is 1. The number of esters is 1. The summed E-state index contributed by atoms with van der Waals surface area (Å²) in [6.07, 6.45) is -6.57. The van der Waals surface area contributed by atoms with E-state index in [0.717, 1.165) is 17.1 Å². The molecule has 1 saturated heterocycles. The lowest BCUT2D eigenvalue weighted by atomic mass is 9.88. The van der Waals surface area contributed by atoms with Gasteiger partial charge in [0.05, 0.1) is 17.2 Å². The number of aliphatic carboxylic acids is 1. The summed E-state index contributed by atoms with van der Waals surface area (Å²) in [5.74, 6) is -4.73. The first-order chi connectivity index (χ1) is 26.6. The SMILES string of the molecule is CC(C)C(=O)OCc1ccc(O[C@@H]2O[C@H](C(=O)O)[C@@H](O)[C@H](O)[C@H]2O)c(NC(=O)CCNC(=O)C(C)(C)CCOC(C)(C)CCNC(=O)CCN2C(=O)C=CC2=O)c1. The Morgan fingerprint density at radius 3 is 2.18 bits per heavy atom. The van der Waals surface area contributed by atoms with E-state index in [9.17, 15) is 54.0 Å². The molecule has 1 aromatic carbocycles. The fourth-order valence-corrected chi connectivity index (χ4v) is 5.43. The number of aliphatic hydroxyl groups is 3. The van der Waals surface area contributed by atoms with Crippen LogP contribution < -0.4 is 20.7 Å². The summed E-state index contributed by atoms with van der Waals surface area (Å²) >= 11 is 0. The van der Waals surface area contributed by atoms with Gasteiger partial charge in [-0.2, -0.15) is 0 Å². The molecule has 2 aliphatic rings. The van der Waals surface area contributed by atoms with Crippen LogP contribution in [0.4, 0.5) is 5.69 Å². The molecule has 7 N–H and O–H groups in total. The molecule has 57 heavy (non-hydrogen) atoms. The average molecular weight is 807 g/mol. The van der Waals surface area contributed by atoms with Gasteiger partial charge in [0.15, 0.2) is 6.10 Å². The van der Waals surface area contributed by atoms with Crippen molar-refractivity contribution in [2.24, 2.45) is 11.3 Å². The topological polar surface area (TPSA) is 277 Å². The van der Waals surface area contributed by atoms with Gasteiger partial charge in [-0.1, -0.05) is 33.8 Å². The van der Waals surface area contributed by atoms with E-state index in [1.54, 1.807) is 27.7 Å². The molecule has 2 heterocycles. The van der Waals surface area contributed by atoms with Crippen LogP contribution in [0.1, 0.15) is 72.8 Å². The number of carbonyl (C=O) groups excluding carboxylic acids is 6. The normalized spacial score (nSPS) is 21.0. The molecule has 0 aromatic heterocycles. The zero-order valence-corrected chi connectivity index (χ0v) is 32.9. The second-order valence-electron chi connectivity index (χ2n) is 15.3. The highest BCUT2D eigenvalue weighted by Gasteiger charge is 2.48. The fraction of sp³-hybridized carbons (Fsp3) is 0.605. The first-order valence-electron chi connectivity index (χ1n) is 18.5. The van der Waals surface area contributed by atoms with Crippen molar-refractivity contribution < 1.29 is 72.9 Å². The van der Waals surface area contributed by atoms with Crippen LogP contribution in [0.15, 0.2) is 30.4 Å². The lowest BCUT2D eigenvalue weighted by molar-refractivity contribution is -0.271. The summed E-state index contributed by atoms with van der Waals surface area (Å²) in [6, 6.07) is 4.26. The lowest BCUT2D eigenvalue weighted by Gasteiger charge is -2.38. The molecule has 19 nitrogen and oxygen atoms in total. The van der Waals surface area contributed by atoms with Crippen molar-refractivity contribution in [1.29, 1.82) is 0 Å². The molecular weight excluding hydrogens is 752 g/mol. The third-order valence-electron chi connectivity index (χ3n) is 9.21. The number of aliphatic hydroxyl groups excluding tert-OH is 3. The van der Waals surface area contributed by atoms with Crippen LogP contribution >= 0.6 is 0 Å². The Labute approximate surface area is 330 Å². The van der Waals surface area contributed by atoms with Gasteiger partial charge in [0, 0.05) is 56.6 Å². The smallest absolute Gasteiger partial charge is 0.335 e. The van der Waals surface area contributed by atoms with Crippen molar-refractivity contribution in [3.05, 3.63) is 35.9 Å². The van der Waals surface area contributed by atoms with Gasteiger partial charge < -0.3 is 55.3 Å². The quantitative estimate of drug-likeness (QED) is 0.0643. The Balaban J connectivity index is 1.50. The van der Waals surface area contributed by atoms with Gasteiger partial charge in [0.25, 0.3) is 11.8 Å². The minimum atomic E-state index is -1.94. The van der Waals surface area contributed by atoms with E-state index in [1.807, 2.05) is 13.8 Å². The van der Waals surface area contributed by atoms with Crippen molar-refractivity contribution in [3.63, 3.8) is 0 Å². The molecule has 0 aliphatic carbocycles. The minimum Gasteiger partial charge on any atom is -0.479 e. The number of nitrogens with zero attached hydrogens (tertiary/aromatic N) is 1. The Morgan fingerprint density at radius 1 is 0.877 bits per heavy atom. The van der Waals surface area contributed by atoms with E-state index in [0.29, 0.717) is 18.4 Å². The summed E-state index contributed by atoms with van der Waals surface area (Å²) in [7, 11) is 0. The number of carboxylic acid groups (broad SMARTS) is 1. The van der Waals surface area contributed by atoms with Gasteiger partial charge in [-0.15, -0.1) is 0 Å². The minimum absolute atomic E-state index is 0.0139. The highest BCUT2D eigenvalue weighted by atomic mass is 16.7. The van der Waals surface area contributed by atoms with E-state index in [2.05, 4.69) is 16.0 Å². The number of carboxylic acids is 1. The Kier molecular flexibility index (Phi) is 16.7. The molecule has 0 spiro atoms. The highest BCUT2D eigenvalue weighted by Crippen LogP contribution is 2.31. The fourth-order valence-electron chi connectivity index (χ4n) is 5.43. The largest absolute Gasteiger partial charge is 0.479 e. The highest BCUT2D eigenvalue weighted by molar-refractivity contribution is 6.13. The van der Waals surface area contributed by atoms with Crippen molar-refractivity contribution in [3.8, 4) is 5.75 Å². The zero-order chi connectivity index (χ0) is 42.7. The predicted octanol–water partition coefficient (Wildman–Crippen LogP) is 0.135. The van der Waals surface area contributed by atoms with E-state index >= 15 is 0 Å². The van der Waals surface area contributed by atoms with Gasteiger partial charge in [0.2, 0.25) is 24.0 Å². The first kappa shape index (κ1) is 46.4. The second kappa shape index (κ2) is 20.5. The number of hydrogen-bond acceptors (Lipinski definition) is 14. The molecule has 0 unspecified atom stereocenters. The zero-order valence-electron chi connectivity index (χ0n) is 32.9. The Bertz CT molecular complexity index is 1660. The molecular formula is C38H54N4O15. The van der Waals surface area contributed by atoms with Crippen LogP contribution in [-0.2, 0) is 54.4 Å². The summed E-state index contributed by atoms with van der Waals surface area (Å²) in [6.45, 7) is 10.7. The molecule has 1 fully saturated rings. The van der Waals surface area contributed by atoms with Crippen LogP contribution in [0.25, 0.3) is 0 Å². The summed E-state index contributed by atoms with van der Waals surface area (Å²) < 4.78 is 22.2. The van der Waals surface area contributed by atoms with Gasteiger partial charge >= 0.3 is 11.9 Å². The molecule has 5 atom stereocenters. The van der Waals surface area contributed by atoms with Crippen LogP contribution in [-0.4, -0.2) is 129 Å². The number of rotatable bonds is 21. The summed E-state index contributed by atoms with van der Waals surface area (Å²) in [5.41, 5.74) is -1.10. The van der Waals surface area contributed by atoms with Crippen LogP contribution in [0, 0.1) is 11.3 Å². The molecule has 0 bridgehead atoms. The monoisotopic (exact) mass is 806 g/mol. The van der Waals surface area contributed by atoms with Gasteiger partial charge in [-0.25, -0.2) is 4.79 Å². The number of hydrogen-bond donors (Lipinski definition) is 7. The maximum absolute atomic E-state index is 13.1. The number of anilines is 1. The standard InChI is InChI=1S/C38H54N4O15/c1-21(2)34(52)54-20-22-7-8-24(56-35-31(49)29(47)30(48)32(57-35)33(50)51)23(19-22)41-26(44)11-15-40-36(53)37(3,4)14-18-55-38(5,6)13-16-39-25(43)12-17-42-27(45)9-10-28(42)46/h7-10,19,21,29-32,35,47-49H,11-18,20H2,1-6H3,(H,39,43)(H,40,53)(H,41,44)(H,50,51)/t29-,30-,31+,32-,35+/m0/s1. The van der Waals surface area contributed by atoms with Gasteiger partial charge in [-0.05, 0) is 44.4 Å². The number of carbonyl (C=O) groups is 7. The van der Waals surface area contributed by atoms with Crippen molar-refractivity contribution in [1.82, 2.24) is 15.5 Å². The maximum atomic E-state index is 13.1. The summed E-state index contributed by atoms with van der Waals surface area (Å²) in [4.78, 5) is 86.2. The van der Waals surface area contributed by atoms with Crippen LogP contribution in [0.5, 0.6) is 5.75 Å². The van der Waals surface area contributed by atoms with Gasteiger partial charge in [0.1, 0.15) is 30.7 Å².